The van der Waals surface area contributed by atoms with Gasteiger partial charge in [0.05, 0.1) is 8.66 Å². The number of nitrogens with two attached hydrogens (primary N) is 1. The van der Waals surface area contributed by atoms with Gasteiger partial charge in [0.25, 0.3) is 5.91 Å². The minimum absolute atomic E-state index is 0.133. The number of likely N-dealkylation sites (tertiary alicyclic amines) is 1. The minimum atomic E-state index is -0.599. The highest BCUT2D eigenvalue weighted by Crippen LogP contribution is 2.22. The third-order valence-corrected chi connectivity index (χ3v) is 5.35. The number of carbonyl (C=O) groups is 3. The Labute approximate surface area is 141 Å². The van der Waals surface area contributed by atoms with Crippen LogP contribution < -0.4 is 11.1 Å². The summed E-state index contributed by atoms with van der Waals surface area (Å²) in [5, 5.41) is 2.71. The van der Waals surface area contributed by atoms with E-state index in [1.165, 1.54) is 11.3 Å². The summed E-state index contributed by atoms with van der Waals surface area (Å²) in [6, 6.07) is 2.90. The van der Waals surface area contributed by atoms with Crippen molar-refractivity contribution in [3.05, 3.63) is 20.8 Å². The van der Waals surface area contributed by atoms with Gasteiger partial charge in [-0.25, -0.2) is 0 Å². The van der Waals surface area contributed by atoms with Crippen LogP contribution in [-0.2, 0) is 9.59 Å². The van der Waals surface area contributed by atoms with Crippen molar-refractivity contribution in [3.8, 4) is 0 Å². The Hall–Kier alpha value is -1.41. The molecule has 0 saturated carbocycles. The van der Waals surface area contributed by atoms with Crippen LogP contribution in [0.5, 0.6) is 0 Å². The zero-order valence-electron chi connectivity index (χ0n) is 12.2. The maximum Gasteiger partial charge on any atom is 0.262 e. The summed E-state index contributed by atoms with van der Waals surface area (Å²) in [4.78, 5) is 37.7. The Morgan fingerprint density at radius 1 is 1.36 bits per heavy atom. The van der Waals surface area contributed by atoms with Crippen LogP contribution in [0.1, 0.15) is 29.4 Å². The molecule has 1 unspecified atom stereocenters. The monoisotopic (exact) mass is 387 g/mol. The minimum Gasteiger partial charge on any atom is -0.369 e. The second-order valence-electron chi connectivity index (χ2n) is 5.30. The van der Waals surface area contributed by atoms with E-state index in [-0.39, 0.29) is 23.6 Å². The highest BCUT2D eigenvalue weighted by atomic mass is 79.9. The van der Waals surface area contributed by atoms with E-state index in [1.54, 1.807) is 24.0 Å². The molecule has 1 saturated heterocycles. The average molecular weight is 388 g/mol. The lowest BCUT2D eigenvalue weighted by Gasteiger charge is -2.32. The molecule has 1 aliphatic rings. The maximum atomic E-state index is 12.3. The molecule has 0 aliphatic carbocycles. The third kappa shape index (κ3) is 4.07. The smallest absolute Gasteiger partial charge is 0.262 e. The van der Waals surface area contributed by atoms with E-state index < -0.39 is 6.04 Å². The Balaban J connectivity index is 1.87. The molecule has 1 atom stereocenters. The molecule has 0 spiro atoms. The fourth-order valence-corrected chi connectivity index (χ4v) is 3.71. The zero-order valence-corrected chi connectivity index (χ0v) is 14.6. The first-order chi connectivity index (χ1) is 10.4. The van der Waals surface area contributed by atoms with Gasteiger partial charge in [-0.15, -0.1) is 11.3 Å². The number of nitrogens with zero attached hydrogens (tertiary/aromatic N) is 1. The van der Waals surface area contributed by atoms with Gasteiger partial charge >= 0.3 is 0 Å². The fourth-order valence-electron chi connectivity index (χ4n) is 2.42. The van der Waals surface area contributed by atoms with Crippen molar-refractivity contribution in [1.29, 1.82) is 0 Å². The largest absolute Gasteiger partial charge is 0.369 e. The predicted octanol–water partition coefficient (Wildman–Crippen LogP) is 1.35. The molecule has 1 fully saturated rings. The number of amides is 3. The van der Waals surface area contributed by atoms with E-state index in [4.69, 9.17) is 5.73 Å². The lowest BCUT2D eigenvalue weighted by molar-refractivity contribution is -0.136. The topological polar surface area (TPSA) is 92.5 Å². The highest BCUT2D eigenvalue weighted by molar-refractivity contribution is 9.11. The Morgan fingerprint density at radius 2 is 2.00 bits per heavy atom. The molecule has 0 aromatic carbocycles. The van der Waals surface area contributed by atoms with Crippen LogP contribution in [0.2, 0.25) is 0 Å². The molecule has 1 aromatic heterocycles. The molecule has 3 N–H and O–H groups in total. The molecule has 2 rings (SSSR count). The maximum absolute atomic E-state index is 12.3. The lowest BCUT2D eigenvalue weighted by atomic mass is 9.96. The van der Waals surface area contributed by atoms with Gasteiger partial charge in [-0.1, -0.05) is 0 Å². The molecule has 1 aliphatic heterocycles. The van der Waals surface area contributed by atoms with E-state index in [9.17, 15) is 14.4 Å². The Bertz CT molecular complexity index is 582. The van der Waals surface area contributed by atoms with Crippen molar-refractivity contribution in [2.45, 2.75) is 25.8 Å². The van der Waals surface area contributed by atoms with Crippen molar-refractivity contribution in [1.82, 2.24) is 10.2 Å². The van der Waals surface area contributed by atoms with Gasteiger partial charge < -0.3 is 16.0 Å². The van der Waals surface area contributed by atoms with Gasteiger partial charge in [0.15, 0.2) is 0 Å². The van der Waals surface area contributed by atoms with Crippen LogP contribution in [0.25, 0.3) is 0 Å². The summed E-state index contributed by atoms with van der Waals surface area (Å²) >= 11 is 4.62. The van der Waals surface area contributed by atoms with Gasteiger partial charge in [0.1, 0.15) is 6.04 Å². The first-order valence-electron chi connectivity index (χ1n) is 7.02. The van der Waals surface area contributed by atoms with E-state index >= 15 is 0 Å². The average Bonchev–Trinajstić information content (AvgIpc) is 2.93. The van der Waals surface area contributed by atoms with Crippen LogP contribution in [0.3, 0.4) is 0 Å². The van der Waals surface area contributed by atoms with Crippen molar-refractivity contribution < 1.29 is 14.4 Å². The third-order valence-electron chi connectivity index (χ3n) is 3.72. The van der Waals surface area contributed by atoms with Gasteiger partial charge in [0.2, 0.25) is 11.8 Å². The number of rotatable bonds is 4. The summed E-state index contributed by atoms with van der Waals surface area (Å²) < 4.78 is 0.866. The molecule has 3 amide bonds. The van der Waals surface area contributed by atoms with Crippen molar-refractivity contribution in [2.24, 2.45) is 11.7 Å². The quantitative estimate of drug-likeness (QED) is 0.816. The van der Waals surface area contributed by atoms with Gasteiger partial charge in [-0.3, -0.25) is 14.4 Å². The molecule has 120 valence electrons. The Kier molecular flexibility index (Phi) is 5.57. The normalized spacial score (nSPS) is 17.1. The number of halogens is 1. The van der Waals surface area contributed by atoms with Crippen LogP contribution in [-0.4, -0.2) is 41.8 Å². The second kappa shape index (κ2) is 7.23. The molecular formula is C14H18BrN3O3S. The van der Waals surface area contributed by atoms with Crippen LogP contribution in [0.4, 0.5) is 0 Å². The van der Waals surface area contributed by atoms with Crippen LogP contribution in [0.15, 0.2) is 15.9 Å². The molecule has 1 aromatic rings. The van der Waals surface area contributed by atoms with Gasteiger partial charge in [-0.05, 0) is 47.8 Å². The zero-order chi connectivity index (χ0) is 16.3. The number of hydrogen-bond donors (Lipinski definition) is 2. The first kappa shape index (κ1) is 17.0. The highest BCUT2D eigenvalue weighted by Gasteiger charge is 2.29. The molecule has 22 heavy (non-hydrogen) atoms. The molecule has 6 nitrogen and oxygen atoms in total. The van der Waals surface area contributed by atoms with E-state index in [2.05, 4.69) is 21.2 Å². The van der Waals surface area contributed by atoms with E-state index in [0.29, 0.717) is 30.8 Å². The standard InChI is InChI=1S/C14H18BrN3O3S/c1-8(17-13(20)10-2-3-11(15)22-10)14(21)18-6-4-9(5-7-18)12(16)19/h2-3,8-9H,4-7H2,1H3,(H2,16,19)(H,17,20). The lowest BCUT2D eigenvalue weighted by Crippen LogP contribution is -2.50. The van der Waals surface area contributed by atoms with Crippen LogP contribution >= 0.6 is 27.3 Å². The number of thiophene rings is 1. The van der Waals surface area contributed by atoms with Gasteiger partial charge in [-0.2, -0.15) is 0 Å². The summed E-state index contributed by atoms with van der Waals surface area (Å²) in [5.41, 5.74) is 5.28. The number of carbonyl (C=O) groups excluding carboxylic acids is 3. The van der Waals surface area contributed by atoms with E-state index in [0.717, 1.165) is 3.79 Å². The van der Waals surface area contributed by atoms with Crippen molar-refractivity contribution >= 4 is 45.0 Å². The molecule has 8 heteroatoms. The summed E-state index contributed by atoms with van der Waals surface area (Å²) in [6.07, 6.45) is 1.17. The first-order valence-corrected chi connectivity index (χ1v) is 8.63. The Morgan fingerprint density at radius 3 is 2.50 bits per heavy atom. The van der Waals surface area contributed by atoms with Crippen molar-refractivity contribution in [2.75, 3.05) is 13.1 Å². The predicted molar refractivity (Wildman–Crippen MR) is 87.4 cm³/mol. The number of piperidine rings is 1. The molecule has 0 radical (unpaired) electrons. The van der Waals surface area contributed by atoms with Crippen molar-refractivity contribution in [3.63, 3.8) is 0 Å². The fraction of sp³-hybridized carbons (Fsp3) is 0.500. The number of nitrogens with one attached hydrogen (secondary N) is 1. The SMILES string of the molecule is CC(NC(=O)c1ccc(Br)s1)C(=O)N1CCC(C(N)=O)CC1. The summed E-state index contributed by atoms with van der Waals surface area (Å²) in [7, 11) is 0. The van der Waals surface area contributed by atoms with E-state index in [1.807, 2.05) is 0 Å². The summed E-state index contributed by atoms with van der Waals surface area (Å²) in [5.74, 6) is -0.857. The molecule has 0 bridgehead atoms. The van der Waals surface area contributed by atoms with Gasteiger partial charge in [0, 0.05) is 19.0 Å². The van der Waals surface area contributed by atoms with Crippen LogP contribution in [0, 0.1) is 5.92 Å². The summed E-state index contributed by atoms with van der Waals surface area (Å²) in [6.45, 7) is 2.66. The second-order valence-corrected chi connectivity index (χ2v) is 7.76. The number of primary amides is 1. The molecule has 2 heterocycles. The molecular weight excluding hydrogens is 370 g/mol. The number of hydrogen-bond acceptors (Lipinski definition) is 4.